The molecule has 0 radical (unpaired) electrons. The average molecular weight is 323 g/mol. The Balaban J connectivity index is 0.00000112. The molecule has 0 unspecified atom stereocenters. The summed E-state index contributed by atoms with van der Waals surface area (Å²) >= 11 is 0. The van der Waals surface area contributed by atoms with E-state index in [0.717, 1.165) is 12.1 Å². The van der Waals surface area contributed by atoms with Crippen LogP contribution in [0.5, 0.6) is 0 Å². The van der Waals surface area contributed by atoms with E-state index >= 15 is 0 Å². The standard InChI is InChI=1S/C6H5N3O4S.Ag/c10-9-6-2-1-4(14(11,12)13)3-5(6)7-8-9;/h1-3,10H,(H,11,12,13);/q;+1. The first-order chi connectivity index (χ1) is 6.48. The van der Waals surface area contributed by atoms with Crippen LogP contribution < -0.4 is 0 Å². The molecule has 0 atom stereocenters. The molecule has 1 aromatic heterocycles. The Morgan fingerprint density at radius 3 is 2.60 bits per heavy atom. The van der Waals surface area contributed by atoms with Crippen LogP contribution in [0.3, 0.4) is 0 Å². The van der Waals surface area contributed by atoms with E-state index in [1.807, 2.05) is 0 Å². The molecule has 2 rings (SSSR count). The van der Waals surface area contributed by atoms with E-state index in [-0.39, 0.29) is 38.3 Å². The Hall–Kier alpha value is -0.930. The largest absolute Gasteiger partial charge is 1.00 e. The molecule has 15 heavy (non-hydrogen) atoms. The maximum absolute atomic E-state index is 10.7. The van der Waals surface area contributed by atoms with Crippen LogP contribution in [0.2, 0.25) is 0 Å². The molecular formula is C6H5AgN3O4S+. The van der Waals surface area contributed by atoms with Gasteiger partial charge < -0.3 is 5.21 Å². The van der Waals surface area contributed by atoms with Gasteiger partial charge in [0.05, 0.1) is 4.90 Å². The Bertz CT molecular complexity index is 593. The molecule has 84 valence electrons. The smallest absolute Gasteiger partial charge is 0.410 e. The molecule has 0 bridgehead atoms. The molecule has 9 heteroatoms. The van der Waals surface area contributed by atoms with Gasteiger partial charge in [0.1, 0.15) is 11.0 Å². The van der Waals surface area contributed by atoms with Crippen LogP contribution in [0, 0.1) is 0 Å². The summed E-state index contributed by atoms with van der Waals surface area (Å²) < 4.78 is 30.2. The van der Waals surface area contributed by atoms with Gasteiger partial charge in [0.2, 0.25) is 0 Å². The zero-order valence-corrected chi connectivity index (χ0v) is 9.29. The van der Waals surface area contributed by atoms with Crippen molar-refractivity contribution in [2.24, 2.45) is 0 Å². The summed E-state index contributed by atoms with van der Waals surface area (Å²) in [6.07, 6.45) is 0. The first kappa shape index (κ1) is 12.1. The number of nitrogens with zero attached hydrogens (tertiary/aromatic N) is 3. The Morgan fingerprint density at radius 1 is 1.33 bits per heavy atom. The van der Waals surface area contributed by atoms with E-state index < -0.39 is 10.1 Å². The number of aromatic nitrogens is 3. The summed E-state index contributed by atoms with van der Waals surface area (Å²) in [4.78, 5) is 0.230. The summed E-state index contributed by atoms with van der Waals surface area (Å²) in [7, 11) is -4.24. The molecule has 0 fully saturated rings. The quantitative estimate of drug-likeness (QED) is 0.432. The number of fused-ring (bicyclic) bond motifs is 1. The molecule has 2 N–H and O–H groups in total. The molecule has 0 aliphatic heterocycles. The van der Waals surface area contributed by atoms with Gasteiger partial charge in [0, 0.05) is 0 Å². The first-order valence-corrected chi connectivity index (χ1v) is 4.95. The third-order valence-electron chi connectivity index (χ3n) is 1.70. The molecular weight excluding hydrogens is 318 g/mol. The van der Waals surface area contributed by atoms with Gasteiger partial charge in [-0.15, -0.1) is 5.10 Å². The van der Waals surface area contributed by atoms with Crippen molar-refractivity contribution < 1.29 is 40.6 Å². The van der Waals surface area contributed by atoms with Gasteiger partial charge in [-0.3, -0.25) is 4.55 Å². The maximum Gasteiger partial charge on any atom is 1.00 e. The monoisotopic (exact) mass is 322 g/mol. The minimum atomic E-state index is -4.24. The van der Waals surface area contributed by atoms with Gasteiger partial charge >= 0.3 is 22.4 Å². The molecule has 0 aliphatic carbocycles. The molecule has 1 heterocycles. The van der Waals surface area contributed by atoms with Crippen LogP contribution in [0.1, 0.15) is 0 Å². The van der Waals surface area contributed by atoms with E-state index in [4.69, 9.17) is 9.76 Å². The van der Waals surface area contributed by atoms with Gasteiger partial charge in [0.25, 0.3) is 10.1 Å². The second-order valence-electron chi connectivity index (χ2n) is 2.60. The van der Waals surface area contributed by atoms with E-state index in [1.54, 1.807) is 0 Å². The van der Waals surface area contributed by atoms with E-state index in [9.17, 15) is 8.42 Å². The molecule has 0 saturated heterocycles. The summed E-state index contributed by atoms with van der Waals surface area (Å²) in [5, 5.41) is 15.8. The van der Waals surface area contributed by atoms with Crippen LogP contribution >= 0.6 is 0 Å². The Kier molecular flexibility index (Phi) is 3.16. The van der Waals surface area contributed by atoms with Gasteiger partial charge in [-0.1, -0.05) is 4.85 Å². The third kappa shape index (κ3) is 2.19. The van der Waals surface area contributed by atoms with Crippen LogP contribution in [0.4, 0.5) is 0 Å². The zero-order valence-electron chi connectivity index (χ0n) is 6.99. The minimum Gasteiger partial charge on any atom is -0.410 e. The molecule has 0 amide bonds. The fraction of sp³-hybridized carbons (Fsp3) is 0. The van der Waals surface area contributed by atoms with Crippen molar-refractivity contribution in [3.05, 3.63) is 18.2 Å². The van der Waals surface area contributed by atoms with Crippen molar-refractivity contribution in [2.75, 3.05) is 0 Å². The second-order valence-corrected chi connectivity index (χ2v) is 4.03. The summed E-state index contributed by atoms with van der Waals surface area (Å²) in [5.74, 6) is 0. The fourth-order valence-electron chi connectivity index (χ4n) is 1.05. The predicted molar refractivity (Wildman–Crippen MR) is 44.5 cm³/mol. The molecule has 1 aromatic carbocycles. The SMILES string of the molecule is O=S(=O)(O)c1ccc2c(c1)nnn2O.[Ag+]. The van der Waals surface area contributed by atoms with Crippen molar-refractivity contribution in [2.45, 2.75) is 4.90 Å². The normalized spacial score (nSPS) is 11.3. The van der Waals surface area contributed by atoms with Crippen LogP contribution in [-0.2, 0) is 32.5 Å². The summed E-state index contributed by atoms with van der Waals surface area (Å²) in [6, 6.07) is 3.55. The first-order valence-electron chi connectivity index (χ1n) is 3.51. The summed E-state index contributed by atoms with van der Waals surface area (Å²) in [5.41, 5.74) is 0.444. The average Bonchev–Trinajstić information content (AvgIpc) is 2.46. The van der Waals surface area contributed by atoms with Gasteiger partial charge in [0.15, 0.2) is 0 Å². The fourth-order valence-corrected chi connectivity index (χ4v) is 1.55. The Morgan fingerprint density at radius 2 is 2.00 bits per heavy atom. The topological polar surface area (TPSA) is 105 Å². The van der Waals surface area contributed by atoms with Crippen LogP contribution in [0.25, 0.3) is 11.0 Å². The molecule has 0 spiro atoms. The van der Waals surface area contributed by atoms with E-state index in [2.05, 4.69) is 10.3 Å². The van der Waals surface area contributed by atoms with Crippen molar-refractivity contribution in [1.82, 2.24) is 15.2 Å². The van der Waals surface area contributed by atoms with Gasteiger partial charge in [-0.25, -0.2) is 0 Å². The number of hydrogen-bond acceptors (Lipinski definition) is 5. The second kappa shape index (κ2) is 3.91. The van der Waals surface area contributed by atoms with Crippen LogP contribution in [-0.4, -0.2) is 33.3 Å². The van der Waals surface area contributed by atoms with Crippen molar-refractivity contribution in [1.29, 1.82) is 0 Å². The molecule has 2 aromatic rings. The van der Waals surface area contributed by atoms with Gasteiger partial charge in [-0.2, -0.15) is 8.42 Å². The predicted octanol–water partition coefficient (Wildman–Crippen LogP) is -0.0872. The number of rotatable bonds is 1. The number of hydrogen-bond donors (Lipinski definition) is 2. The Labute approximate surface area is 99.9 Å². The van der Waals surface area contributed by atoms with E-state index in [0.29, 0.717) is 4.85 Å². The molecule has 7 nitrogen and oxygen atoms in total. The van der Waals surface area contributed by atoms with Crippen LogP contribution in [0.15, 0.2) is 23.1 Å². The minimum absolute atomic E-state index is 0. The number of benzene rings is 1. The van der Waals surface area contributed by atoms with Crippen molar-refractivity contribution in [3.8, 4) is 0 Å². The zero-order chi connectivity index (χ0) is 10.3. The van der Waals surface area contributed by atoms with E-state index in [1.165, 1.54) is 6.07 Å². The van der Waals surface area contributed by atoms with Crippen molar-refractivity contribution in [3.63, 3.8) is 0 Å². The molecule has 0 saturated carbocycles. The molecule has 0 aliphatic rings. The third-order valence-corrected chi connectivity index (χ3v) is 2.55. The van der Waals surface area contributed by atoms with Gasteiger partial charge in [-0.05, 0) is 23.4 Å². The summed E-state index contributed by atoms with van der Waals surface area (Å²) in [6.45, 7) is 0. The van der Waals surface area contributed by atoms with Crippen molar-refractivity contribution >= 4 is 21.2 Å². The maximum atomic E-state index is 10.7.